The first kappa shape index (κ1) is 27.2. The number of carbonyl (C=O) groups is 2. The fourth-order valence-corrected chi connectivity index (χ4v) is 9.33. The second-order valence-corrected chi connectivity index (χ2v) is 13.8. The Bertz CT molecular complexity index is 1930. The van der Waals surface area contributed by atoms with Gasteiger partial charge in [-0.2, -0.15) is 0 Å². The number of fused-ring (bicyclic) bond motifs is 4. The van der Waals surface area contributed by atoms with E-state index in [0.717, 1.165) is 70.8 Å². The number of aliphatic hydroxyl groups is 1. The Morgan fingerprint density at radius 1 is 1.09 bits per heavy atom. The molecule has 1 amide bonds. The quantitative estimate of drug-likeness (QED) is 0.230. The van der Waals surface area contributed by atoms with Crippen LogP contribution in [0.1, 0.15) is 67.2 Å². The summed E-state index contributed by atoms with van der Waals surface area (Å²) in [4.78, 5) is 26.6. The third kappa shape index (κ3) is 3.79. The number of aromatic nitrogens is 1. The van der Waals surface area contributed by atoms with Crippen LogP contribution in [0.2, 0.25) is 0 Å². The van der Waals surface area contributed by atoms with Gasteiger partial charge < -0.3 is 24.5 Å². The molecule has 3 heterocycles. The molecular formula is C37H37N3O5. The van der Waals surface area contributed by atoms with E-state index >= 15 is 0 Å². The first-order valence-corrected chi connectivity index (χ1v) is 16.2. The van der Waals surface area contributed by atoms with E-state index in [1.165, 1.54) is 32.3 Å². The molecule has 5 aliphatic rings. The summed E-state index contributed by atoms with van der Waals surface area (Å²) in [6.45, 7) is 5.44. The molecule has 0 radical (unpaired) electrons. The van der Waals surface area contributed by atoms with Crippen LogP contribution in [0, 0.1) is 5.92 Å². The summed E-state index contributed by atoms with van der Waals surface area (Å²) in [7, 11) is 0. The van der Waals surface area contributed by atoms with Crippen molar-refractivity contribution in [3.8, 4) is 11.5 Å². The molecule has 1 spiro atoms. The number of anilines is 1. The number of esters is 1. The molecule has 2 N–H and O–H groups in total. The van der Waals surface area contributed by atoms with Crippen molar-refractivity contribution in [3.63, 3.8) is 0 Å². The van der Waals surface area contributed by atoms with E-state index < -0.39 is 17.1 Å². The second kappa shape index (κ2) is 9.44. The molecule has 1 saturated carbocycles. The predicted octanol–water partition coefficient (Wildman–Crippen LogP) is 5.27. The van der Waals surface area contributed by atoms with Crippen molar-refractivity contribution in [1.29, 1.82) is 0 Å². The number of nitrogens with one attached hydrogen (secondary N) is 1. The van der Waals surface area contributed by atoms with Crippen LogP contribution < -0.4 is 14.8 Å². The van der Waals surface area contributed by atoms with Gasteiger partial charge >= 0.3 is 5.97 Å². The highest BCUT2D eigenvalue weighted by atomic mass is 16.6. The maximum Gasteiger partial charge on any atom is 0.308 e. The van der Waals surface area contributed by atoms with Crippen molar-refractivity contribution in [1.82, 2.24) is 9.47 Å². The Hall–Kier alpha value is -4.14. The van der Waals surface area contributed by atoms with E-state index in [1.807, 2.05) is 24.3 Å². The van der Waals surface area contributed by atoms with E-state index in [0.29, 0.717) is 24.5 Å². The zero-order valence-electron chi connectivity index (χ0n) is 25.6. The predicted molar refractivity (Wildman–Crippen MR) is 170 cm³/mol. The molecule has 1 saturated heterocycles. The lowest BCUT2D eigenvalue weighted by Gasteiger charge is -2.63. The highest BCUT2D eigenvalue weighted by Gasteiger charge is 2.73. The van der Waals surface area contributed by atoms with Crippen molar-refractivity contribution in [2.75, 3.05) is 18.4 Å². The normalized spacial score (nSPS) is 27.4. The van der Waals surface area contributed by atoms with Gasteiger partial charge in [0.25, 0.3) is 0 Å². The molecule has 230 valence electrons. The molecule has 0 unspecified atom stereocenters. The fraction of sp³-hybridized carbons (Fsp3) is 0.405. The number of likely N-dealkylation sites (tertiary alicyclic amines) is 1. The number of rotatable bonds is 6. The number of piperidine rings is 1. The van der Waals surface area contributed by atoms with Crippen molar-refractivity contribution in [2.24, 2.45) is 5.92 Å². The lowest BCUT2D eigenvalue weighted by molar-refractivity contribution is -0.173. The Morgan fingerprint density at radius 2 is 1.93 bits per heavy atom. The second-order valence-electron chi connectivity index (χ2n) is 13.8. The third-order valence-corrected chi connectivity index (χ3v) is 11.2. The number of hydrogen-bond acceptors (Lipinski definition) is 6. The third-order valence-electron chi connectivity index (χ3n) is 11.2. The number of amides is 1. The summed E-state index contributed by atoms with van der Waals surface area (Å²) >= 11 is 0. The van der Waals surface area contributed by atoms with E-state index in [4.69, 9.17) is 9.47 Å². The lowest BCUT2D eigenvalue weighted by atomic mass is 9.49. The molecular weight excluding hydrogens is 566 g/mol. The summed E-state index contributed by atoms with van der Waals surface area (Å²) in [5, 5.41) is 17.4. The first-order valence-electron chi connectivity index (χ1n) is 16.2. The van der Waals surface area contributed by atoms with Gasteiger partial charge in [-0.1, -0.05) is 36.4 Å². The van der Waals surface area contributed by atoms with Gasteiger partial charge in [0.15, 0.2) is 17.6 Å². The van der Waals surface area contributed by atoms with Crippen LogP contribution >= 0.6 is 0 Å². The zero-order valence-corrected chi connectivity index (χ0v) is 25.6. The molecule has 8 heteroatoms. The van der Waals surface area contributed by atoms with Crippen molar-refractivity contribution < 1.29 is 24.2 Å². The maximum absolute atomic E-state index is 13.3. The van der Waals surface area contributed by atoms with Gasteiger partial charge in [0, 0.05) is 61.6 Å². The van der Waals surface area contributed by atoms with Crippen LogP contribution in [0.15, 0.2) is 60.7 Å². The summed E-state index contributed by atoms with van der Waals surface area (Å²) in [5.41, 5.74) is 5.62. The van der Waals surface area contributed by atoms with Crippen LogP contribution in [0.4, 0.5) is 5.69 Å². The van der Waals surface area contributed by atoms with E-state index in [9.17, 15) is 14.7 Å². The average Bonchev–Trinajstić information content (AvgIpc) is 3.68. The highest BCUT2D eigenvalue weighted by Crippen LogP contribution is 2.69. The highest BCUT2D eigenvalue weighted by molar-refractivity contribution is 5.89. The van der Waals surface area contributed by atoms with Crippen LogP contribution in [0.3, 0.4) is 0 Å². The Morgan fingerprint density at radius 3 is 2.73 bits per heavy atom. The number of nitrogens with zero attached hydrogens (tertiary/aromatic N) is 2. The smallest absolute Gasteiger partial charge is 0.308 e. The number of carbonyl (C=O) groups excluding carboxylic acids is 2. The van der Waals surface area contributed by atoms with Gasteiger partial charge in [-0.15, -0.1) is 0 Å². The average molecular weight is 604 g/mol. The van der Waals surface area contributed by atoms with Crippen molar-refractivity contribution in [3.05, 3.63) is 88.6 Å². The minimum absolute atomic E-state index is 0.0272. The minimum atomic E-state index is -1.05. The first-order chi connectivity index (χ1) is 21.8. The van der Waals surface area contributed by atoms with Crippen LogP contribution in [0.5, 0.6) is 11.5 Å². The van der Waals surface area contributed by atoms with Gasteiger partial charge in [0.2, 0.25) is 5.91 Å². The molecule has 1 aromatic heterocycles. The minimum Gasteiger partial charge on any atom is -0.479 e. The van der Waals surface area contributed by atoms with E-state index in [1.54, 1.807) is 0 Å². The lowest BCUT2D eigenvalue weighted by Crippen LogP contribution is -2.74. The van der Waals surface area contributed by atoms with Crippen molar-refractivity contribution >= 4 is 28.5 Å². The summed E-state index contributed by atoms with van der Waals surface area (Å²) in [6.07, 6.45) is 4.13. The van der Waals surface area contributed by atoms with Crippen LogP contribution in [0.25, 0.3) is 10.9 Å². The summed E-state index contributed by atoms with van der Waals surface area (Å²) in [6, 6.07) is 20.4. The SMILES string of the molecule is CC(=O)Nc1cccc(Cn2c3c(c4ccccc42)C[C@@]2(O)[C@H]4Cc5ccc(OC(C)=O)c6c5[C@@]2(CCN4CC2CC2)[C@H]3O6)c1. The van der Waals surface area contributed by atoms with Gasteiger partial charge in [0.05, 0.1) is 16.7 Å². The van der Waals surface area contributed by atoms with Gasteiger partial charge in [-0.05, 0) is 79.1 Å². The van der Waals surface area contributed by atoms with Crippen LogP contribution in [-0.4, -0.2) is 51.2 Å². The standard InChI is InChI=1S/C37H37N3O5/c1-21(41)38-26-7-5-6-24(16-26)20-40-29-9-4-3-8-27(29)28-18-37(43)31-17-25-12-13-30(44-22(2)42)34-32(25)36(37,35(45-34)33(28)40)14-15-39(31)19-23-10-11-23/h3-9,12-13,16,23,31,35,43H,10-11,14-15,17-20H2,1-2H3,(H,38,41)/t31-,35+,36+,37-/m1/s1. The van der Waals surface area contributed by atoms with Gasteiger partial charge in [0.1, 0.15) is 0 Å². The van der Waals surface area contributed by atoms with E-state index in [-0.39, 0.29) is 17.9 Å². The zero-order chi connectivity index (χ0) is 30.7. The summed E-state index contributed by atoms with van der Waals surface area (Å²) in [5.74, 6) is 1.26. The Kier molecular flexibility index (Phi) is 5.70. The monoisotopic (exact) mass is 603 g/mol. The number of hydrogen-bond donors (Lipinski definition) is 2. The maximum atomic E-state index is 13.3. The molecule has 2 bridgehead atoms. The van der Waals surface area contributed by atoms with E-state index in [2.05, 4.69) is 51.2 Å². The number of ether oxygens (including phenoxy) is 2. The molecule has 4 aromatic rings. The topological polar surface area (TPSA) is 93.0 Å². The summed E-state index contributed by atoms with van der Waals surface area (Å²) < 4.78 is 15.2. The Balaban J connectivity index is 1.27. The van der Waals surface area contributed by atoms with Gasteiger partial charge in [-0.25, -0.2) is 0 Å². The molecule has 9 rings (SSSR count). The largest absolute Gasteiger partial charge is 0.479 e. The van der Waals surface area contributed by atoms with Gasteiger partial charge in [-0.3, -0.25) is 14.5 Å². The molecule has 3 aromatic carbocycles. The molecule has 2 fully saturated rings. The number of para-hydroxylation sites is 1. The van der Waals surface area contributed by atoms with Crippen molar-refractivity contribution in [2.45, 2.75) is 75.7 Å². The molecule has 45 heavy (non-hydrogen) atoms. The molecule has 8 nitrogen and oxygen atoms in total. The fourth-order valence-electron chi connectivity index (χ4n) is 9.33. The number of benzene rings is 3. The molecule has 4 atom stereocenters. The molecule has 2 aliphatic heterocycles. The molecule has 3 aliphatic carbocycles. The Labute approximate surface area is 261 Å². The van der Waals surface area contributed by atoms with Crippen LogP contribution in [-0.2, 0) is 34.4 Å².